The quantitative estimate of drug-likeness (QED) is 0.770. The van der Waals surface area contributed by atoms with Crippen molar-refractivity contribution in [1.29, 1.82) is 0 Å². The number of nitrogens with one attached hydrogen (secondary N) is 2. The van der Waals surface area contributed by atoms with Crippen LogP contribution in [-0.4, -0.2) is 34.3 Å². The molecule has 0 saturated heterocycles. The second-order valence-corrected chi connectivity index (χ2v) is 5.24. The van der Waals surface area contributed by atoms with Gasteiger partial charge < -0.3 is 15.7 Å². The van der Waals surface area contributed by atoms with Crippen LogP contribution in [0.5, 0.6) is 0 Å². The van der Waals surface area contributed by atoms with E-state index >= 15 is 0 Å². The van der Waals surface area contributed by atoms with E-state index in [0.717, 1.165) is 28.9 Å². The molecule has 0 bridgehead atoms. The first kappa shape index (κ1) is 10.7. The Balaban J connectivity index is 2.04. The Labute approximate surface area is 103 Å². The van der Waals surface area contributed by atoms with Crippen molar-refractivity contribution in [2.24, 2.45) is 0 Å². The Morgan fingerprint density at radius 1 is 1.47 bits per heavy atom. The Kier molecular flexibility index (Phi) is 2.41. The van der Waals surface area contributed by atoms with E-state index in [9.17, 15) is 5.11 Å². The van der Waals surface area contributed by atoms with Gasteiger partial charge in [-0.25, -0.2) is 4.98 Å². The molecular formula is C11H14N4OS. The normalized spacial score (nSPS) is 17.1. The van der Waals surface area contributed by atoms with Crippen LogP contribution < -0.4 is 10.6 Å². The molecule has 2 aromatic rings. The SMILES string of the molecule is CNc1nc(NC2(CO)CC2)c2ccsc2n1. The minimum atomic E-state index is -0.159. The Morgan fingerprint density at radius 3 is 2.94 bits per heavy atom. The first-order chi connectivity index (χ1) is 8.26. The maximum atomic E-state index is 9.35. The number of fused-ring (bicyclic) bond motifs is 1. The summed E-state index contributed by atoms with van der Waals surface area (Å²) in [6.45, 7) is 0.150. The third kappa shape index (κ3) is 1.83. The molecule has 6 heteroatoms. The molecule has 1 fully saturated rings. The number of nitrogens with zero attached hydrogens (tertiary/aromatic N) is 2. The van der Waals surface area contributed by atoms with Gasteiger partial charge in [-0.3, -0.25) is 0 Å². The van der Waals surface area contributed by atoms with Gasteiger partial charge >= 0.3 is 0 Å². The van der Waals surface area contributed by atoms with Crippen LogP contribution >= 0.6 is 11.3 Å². The summed E-state index contributed by atoms with van der Waals surface area (Å²) in [5, 5.41) is 18.7. The molecule has 2 aromatic heterocycles. The lowest BCUT2D eigenvalue weighted by Crippen LogP contribution is -2.26. The number of aromatic nitrogens is 2. The first-order valence-electron chi connectivity index (χ1n) is 5.58. The maximum absolute atomic E-state index is 9.35. The Bertz CT molecular complexity index is 549. The second-order valence-electron chi connectivity index (χ2n) is 4.35. The lowest BCUT2D eigenvalue weighted by atomic mass is 10.2. The molecule has 0 aliphatic heterocycles. The zero-order valence-electron chi connectivity index (χ0n) is 9.53. The first-order valence-corrected chi connectivity index (χ1v) is 6.46. The maximum Gasteiger partial charge on any atom is 0.225 e. The molecule has 3 N–H and O–H groups in total. The fourth-order valence-electron chi connectivity index (χ4n) is 1.79. The van der Waals surface area contributed by atoms with Gasteiger partial charge in [0.05, 0.1) is 17.5 Å². The van der Waals surface area contributed by atoms with Gasteiger partial charge in [-0.1, -0.05) is 0 Å². The molecule has 3 rings (SSSR count). The third-order valence-electron chi connectivity index (χ3n) is 3.09. The summed E-state index contributed by atoms with van der Waals surface area (Å²) in [5.41, 5.74) is -0.159. The van der Waals surface area contributed by atoms with Crippen molar-refractivity contribution in [2.75, 3.05) is 24.3 Å². The van der Waals surface area contributed by atoms with E-state index in [1.54, 1.807) is 18.4 Å². The van der Waals surface area contributed by atoms with Gasteiger partial charge in [0, 0.05) is 7.05 Å². The lowest BCUT2D eigenvalue weighted by molar-refractivity contribution is 0.266. The van der Waals surface area contributed by atoms with Crippen molar-refractivity contribution >= 4 is 33.3 Å². The molecule has 90 valence electrons. The zero-order valence-corrected chi connectivity index (χ0v) is 10.3. The smallest absolute Gasteiger partial charge is 0.225 e. The van der Waals surface area contributed by atoms with Crippen LogP contribution in [0.1, 0.15) is 12.8 Å². The van der Waals surface area contributed by atoms with Crippen LogP contribution in [0.15, 0.2) is 11.4 Å². The zero-order chi connectivity index (χ0) is 11.9. The molecule has 0 amide bonds. The van der Waals surface area contributed by atoms with Crippen molar-refractivity contribution in [1.82, 2.24) is 9.97 Å². The predicted octanol–water partition coefficient (Wildman–Crippen LogP) is 1.67. The van der Waals surface area contributed by atoms with Crippen molar-refractivity contribution in [3.8, 4) is 0 Å². The van der Waals surface area contributed by atoms with Crippen LogP contribution in [0.4, 0.5) is 11.8 Å². The summed E-state index contributed by atoms with van der Waals surface area (Å²) in [6.07, 6.45) is 1.99. The molecule has 0 unspecified atom stereocenters. The number of rotatable bonds is 4. The van der Waals surface area contributed by atoms with Crippen LogP contribution in [-0.2, 0) is 0 Å². The van der Waals surface area contributed by atoms with Crippen LogP contribution in [0.25, 0.3) is 10.2 Å². The molecule has 0 atom stereocenters. The van der Waals surface area contributed by atoms with E-state index < -0.39 is 0 Å². The van der Waals surface area contributed by atoms with E-state index in [-0.39, 0.29) is 12.1 Å². The van der Waals surface area contributed by atoms with Gasteiger partial charge in [0.25, 0.3) is 0 Å². The van der Waals surface area contributed by atoms with E-state index in [2.05, 4.69) is 20.6 Å². The lowest BCUT2D eigenvalue weighted by Gasteiger charge is -2.16. The van der Waals surface area contributed by atoms with Gasteiger partial charge in [-0.2, -0.15) is 4.98 Å². The highest BCUT2D eigenvalue weighted by Crippen LogP contribution is 2.39. The van der Waals surface area contributed by atoms with Gasteiger partial charge in [0.2, 0.25) is 5.95 Å². The van der Waals surface area contributed by atoms with E-state index in [1.165, 1.54) is 0 Å². The minimum Gasteiger partial charge on any atom is -0.394 e. The highest BCUT2D eigenvalue weighted by Gasteiger charge is 2.42. The number of thiophene rings is 1. The van der Waals surface area contributed by atoms with Crippen molar-refractivity contribution in [3.63, 3.8) is 0 Å². The van der Waals surface area contributed by atoms with E-state index in [4.69, 9.17) is 0 Å². The van der Waals surface area contributed by atoms with E-state index in [0.29, 0.717) is 5.95 Å². The number of hydrogen-bond acceptors (Lipinski definition) is 6. The van der Waals surface area contributed by atoms with E-state index in [1.807, 2.05) is 11.4 Å². The van der Waals surface area contributed by atoms with Gasteiger partial charge in [0.15, 0.2) is 0 Å². The fourth-order valence-corrected chi connectivity index (χ4v) is 2.55. The van der Waals surface area contributed by atoms with Crippen molar-refractivity contribution in [3.05, 3.63) is 11.4 Å². The predicted molar refractivity (Wildman–Crippen MR) is 69.6 cm³/mol. The topological polar surface area (TPSA) is 70.1 Å². The monoisotopic (exact) mass is 250 g/mol. The minimum absolute atomic E-state index is 0.150. The number of aliphatic hydroxyl groups excluding tert-OH is 1. The molecule has 0 spiro atoms. The molecule has 0 aromatic carbocycles. The molecule has 0 radical (unpaired) electrons. The number of aliphatic hydroxyl groups is 1. The third-order valence-corrected chi connectivity index (χ3v) is 3.90. The number of anilines is 2. The fraction of sp³-hybridized carbons (Fsp3) is 0.455. The second kappa shape index (κ2) is 3.82. The number of hydrogen-bond donors (Lipinski definition) is 3. The summed E-state index contributed by atoms with van der Waals surface area (Å²) in [5.74, 6) is 1.42. The molecule has 1 saturated carbocycles. The van der Waals surface area contributed by atoms with Crippen molar-refractivity contribution < 1.29 is 5.11 Å². The van der Waals surface area contributed by atoms with Crippen LogP contribution in [0.2, 0.25) is 0 Å². The molecule has 1 aliphatic carbocycles. The summed E-state index contributed by atoms with van der Waals surface area (Å²) in [6, 6.07) is 2.01. The van der Waals surface area contributed by atoms with Crippen LogP contribution in [0, 0.1) is 0 Å². The average molecular weight is 250 g/mol. The standard InChI is InChI=1S/C11H14N4OS/c1-12-10-13-8(15-11(6-16)3-4-11)7-2-5-17-9(7)14-10/h2,5,16H,3-4,6H2,1H3,(H2,12,13,14,15). The van der Waals surface area contributed by atoms with Crippen LogP contribution in [0.3, 0.4) is 0 Å². The average Bonchev–Trinajstić information content (AvgIpc) is 2.96. The molecule has 2 heterocycles. The van der Waals surface area contributed by atoms with Crippen molar-refractivity contribution in [2.45, 2.75) is 18.4 Å². The summed E-state index contributed by atoms with van der Waals surface area (Å²) >= 11 is 1.59. The molecule has 17 heavy (non-hydrogen) atoms. The largest absolute Gasteiger partial charge is 0.394 e. The summed E-state index contributed by atoms with van der Waals surface area (Å²) < 4.78 is 0. The molecular weight excluding hydrogens is 236 g/mol. The Morgan fingerprint density at radius 2 is 2.29 bits per heavy atom. The highest BCUT2D eigenvalue weighted by molar-refractivity contribution is 7.16. The van der Waals surface area contributed by atoms with Gasteiger partial charge in [-0.15, -0.1) is 11.3 Å². The highest BCUT2D eigenvalue weighted by atomic mass is 32.1. The Hall–Kier alpha value is -1.40. The van der Waals surface area contributed by atoms with Gasteiger partial charge in [-0.05, 0) is 24.3 Å². The summed E-state index contributed by atoms with van der Waals surface area (Å²) in [4.78, 5) is 9.77. The van der Waals surface area contributed by atoms with Gasteiger partial charge in [0.1, 0.15) is 10.6 Å². The summed E-state index contributed by atoms with van der Waals surface area (Å²) in [7, 11) is 1.80. The molecule has 5 nitrogen and oxygen atoms in total. The molecule has 1 aliphatic rings.